The molecule has 2 aromatic carbocycles. The maximum Gasteiger partial charge on any atom is 0.243 e. The number of fused-ring (bicyclic) bond motifs is 1. The number of rotatable bonds is 5. The minimum Gasteiger partial charge on any atom is -0.454 e. The van der Waals surface area contributed by atoms with Crippen LogP contribution < -0.4 is 14.8 Å². The van der Waals surface area contributed by atoms with E-state index in [0.29, 0.717) is 48.9 Å². The van der Waals surface area contributed by atoms with Crippen molar-refractivity contribution in [3.05, 3.63) is 54.1 Å². The maximum absolute atomic E-state index is 12.7. The Hall–Kier alpha value is -2.58. The summed E-state index contributed by atoms with van der Waals surface area (Å²) in [5, 5.41) is 2.94. The van der Waals surface area contributed by atoms with Crippen LogP contribution >= 0.6 is 0 Å². The summed E-state index contributed by atoms with van der Waals surface area (Å²) in [5.74, 6) is 1.17. The van der Waals surface area contributed by atoms with Gasteiger partial charge in [-0.2, -0.15) is 4.31 Å². The highest BCUT2D eigenvalue weighted by atomic mass is 32.2. The SMILES string of the molecule is O=C(NCc1ccc2c(c1)OCO2)C1CCN(S(=O)(=O)c2ccccc2)CC1. The van der Waals surface area contributed by atoms with Crippen LogP contribution in [0.5, 0.6) is 11.5 Å². The molecule has 8 heteroatoms. The van der Waals surface area contributed by atoms with Crippen LogP contribution in [0.1, 0.15) is 18.4 Å². The van der Waals surface area contributed by atoms with Gasteiger partial charge in [0.15, 0.2) is 11.5 Å². The van der Waals surface area contributed by atoms with Crippen LogP contribution in [0, 0.1) is 5.92 Å². The van der Waals surface area contributed by atoms with Gasteiger partial charge in [0.25, 0.3) is 0 Å². The van der Waals surface area contributed by atoms with Crippen molar-refractivity contribution in [1.82, 2.24) is 9.62 Å². The quantitative estimate of drug-likeness (QED) is 0.828. The lowest BCUT2D eigenvalue weighted by atomic mass is 9.97. The Labute approximate surface area is 164 Å². The van der Waals surface area contributed by atoms with Crippen LogP contribution in [0.2, 0.25) is 0 Å². The van der Waals surface area contributed by atoms with Crippen molar-refractivity contribution in [3.8, 4) is 11.5 Å². The second-order valence-corrected chi connectivity index (χ2v) is 8.83. The Balaban J connectivity index is 1.30. The number of benzene rings is 2. The number of amides is 1. The molecular weight excluding hydrogens is 380 g/mol. The Bertz CT molecular complexity index is 954. The van der Waals surface area contributed by atoms with E-state index < -0.39 is 10.0 Å². The van der Waals surface area contributed by atoms with Crippen molar-refractivity contribution in [2.24, 2.45) is 5.92 Å². The molecule has 2 aliphatic heterocycles. The van der Waals surface area contributed by atoms with Crippen molar-refractivity contribution >= 4 is 15.9 Å². The van der Waals surface area contributed by atoms with Gasteiger partial charge in [0.05, 0.1) is 4.90 Å². The Morgan fingerprint density at radius 1 is 1.04 bits per heavy atom. The first-order chi connectivity index (χ1) is 13.5. The molecule has 0 bridgehead atoms. The van der Waals surface area contributed by atoms with Crippen LogP contribution in [0.25, 0.3) is 0 Å². The minimum atomic E-state index is -3.50. The second kappa shape index (κ2) is 7.81. The van der Waals surface area contributed by atoms with E-state index in [1.54, 1.807) is 30.3 Å². The van der Waals surface area contributed by atoms with Crippen LogP contribution in [-0.2, 0) is 21.4 Å². The molecule has 2 aliphatic rings. The lowest BCUT2D eigenvalue weighted by Crippen LogP contribution is -2.42. The number of nitrogens with zero attached hydrogens (tertiary/aromatic N) is 1. The molecule has 2 heterocycles. The predicted octanol–water partition coefficient (Wildman–Crippen LogP) is 2.13. The fourth-order valence-electron chi connectivity index (χ4n) is 3.48. The van der Waals surface area contributed by atoms with Crippen molar-refractivity contribution in [1.29, 1.82) is 0 Å². The number of hydrogen-bond donors (Lipinski definition) is 1. The predicted molar refractivity (Wildman–Crippen MR) is 102 cm³/mol. The third kappa shape index (κ3) is 3.83. The van der Waals surface area contributed by atoms with Crippen LogP contribution in [0.4, 0.5) is 0 Å². The molecule has 0 radical (unpaired) electrons. The summed E-state index contributed by atoms with van der Waals surface area (Å²) in [5.41, 5.74) is 0.932. The minimum absolute atomic E-state index is 0.0468. The Kier molecular flexibility index (Phi) is 5.23. The van der Waals surface area contributed by atoms with Gasteiger partial charge in [-0.25, -0.2) is 8.42 Å². The summed E-state index contributed by atoms with van der Waals surface area (Å²) in [6.07, 6.45) is 1.03. The molecule has 148 valence electrons. The normalized spacial score (nSPS) is 17.4. The molecule has 0 aromatic heterocycles. The standard InChI is InChI=1S/C20H22N2O5S/c23-20(21-13-15-6-7-18-19(12-15)27-14-26-18)16-8-10-22(11-9-16)28(24,25)17-4-2-1-3-5-17/h1-7,12,16H,8-11,13-14H2,(H,21,23). The molecule has 28 heavy (non-hydrogen) atoms. The van der Waals surface area contributed by atoms with Crippen LogP contribution in [0.3, 0.4) is 0 Å². The zero-order chi connectivity index (χ0) is 19.6. The van der Waals surface area contributed by atoms with Crippen LogP contribution in [-0.4, -0.2) is 38.5 Å². The van der Waals surface area contributed by atoms with E-state index >= 15 is 0 Å². The van der Waals surface area contributed by atoms with Crippen molar-refractivity contribution in [2.75, 3.05) is 19.9 Å². The number of carbonyl (C=O) groups is 1. The lowest BCUT2D eigenvalue weighted by Gasteiger charge is -2.30. The average Bonchev–Trinajstić information content (AvgIpc) is 3.20. The van der Waals surface area contributed by atoms with Crippen molar-refractivity contribution < 1.29 is 22.7 Å². The van der Waals surface area contributed by atoms with Gasteiger partial charge in [-0.1, -0.05) is 24.3 Å². The van der Waals surface area contributed by atoms with E-state index in [9.17, 15) is 13.2 Å². The highest BCUT2D eigenvalue weighted by Gasteiger charge is 2.31. The van der Waals surface area contributed by atoms with E-state index in [4.69, 9.17) is 9.47 Å². The van der Waals surface area contributed by atoms with Gasteiger partial charge in [0.1, 0.15) is 0 Å². The third-order valence-corrected chi connectivity index (χ3v) is 7.02. The number of sulfonamides is 1. The van der Waals surface area contributed by atoms with Crippen molar-refractivity contribution in [2.45, 2.75) is 24.3 Å². The molecule has 0 atom stereocenters. The highest BCUT2D eigenvalue weighted by Crippen LogP contribution is 2.32. The largest absolute Gasteiger partial charge is 0.454 e. The fourth-order valence-corrected chi connectivity index (χ4v) is 4.98. The number of carbonyl (C=O) groups excluding carboxylic acids is 1. The molecule has 0 saturated carbocycles. The molecule has 7 nitrogen and oxygen atoms in total. The summed E-state index contributed by atoms with van der Waals surface area (Å²) in [4.78, 5) is 12.8. The Morgan fingerprint density at radius 3 is 2.50 bits per heavy atom. The van der Waals surface area contributed by atoms with Gasteiger partial charge in [0.2, 0.25) is 22.7 Å². The van der Waals surface area contributed by atoms with Gasteiger partial charge < -0.3 is 14.8 Å². The third-order valence-electron chi connectivity index (χ3n) is 5.11. The number of ether oxygens (including phenoxy) is 2. The number of hydrogen-bond acceptors (Lipinski definition) is 5. The summed E-state index contributed by atoms with van der Waals surface area (Å²) < 4.78 is 37.4. The maximum atomic E-state index is 12.7. The summed E-state index contributed by atoms with van der Waals surface area (Å²) in [6.45, 7) is 1.31. The van der Waals surface area contributed by atoms with Crippen molar-refractivity contribution in [3.63, 3.8) is 0 Å². The molecule has 0 spiro atoms. The highest BCUT2D eigenvalue weighted by molar-refractivity contribution is 7.89. The molecular formula is C20H22N2O5S. The van der Waals surface area contributed by atoms with Gasteiger partial charge in [-0.3, -0.25) is 4.79 Å². The van der Waals surface area contributed by atoms with E-state index in [0.717, 1.165) is 5.56 Å². The van der Waals surface area contributed by atoms with E-state index in [1.807, 2.05) is 18.2 Å². The second-order valence-electron chi connectivity index (χ2n) is 6.90. The zero-order valence-corrected chi connectivity index (χ0v) is 16.2. The number of nitrogens with one attached hydrogen (secondary N) is 1. The monoisotopic (exact) mass is 402 g/mol. The van der Waals surface area contributed by atoms with E-state index in [2.05, 4.69) is 5.32 Å². The average molecular weight is 402 g/mol. The summed E-state index contributed by atoms with van der Waals surface area (Å²) in [6, 6.07) is 14.0. The summed E-state index contributed by atoms with van der Waals surface area (Å²) >= 11 is 0. The zero-order valence-electron chi connectivity index (χ0n) is 15.3. The summed E-state index contributed by atoms with van der Waals surface area (Å²) in [7, 11) is -3.50. The molecule has 0 unspecified atom stereocenters. The number of piperidine rings is 1. The van der Waals surface area contributed by atoms with E-state index in [-0.39, 0.29) is 18.6 Å². The van der Waals surface area contributed by atoms with Gasteiger partial charge >= 0.3 is 0 Å². The lowest BCUT2D eigenvalue weighted by molar-refractivity contribution is -0.126. The molecule has 1 N–H and O–H groups in total. The molecule has 1 saturated heterocycles. The molecule has 4 rings (SSSR count). The first-order valence-corrected chi connectivity index (χ1v) is 10.7. The topological polar surface area (TPSA) is 84.9 Å². The first kappa shape index (κ1) is 18.8. The molecule has 2 aromatic rings. The van der Waals surface area contributed by atoms with Gasteiger partial charge in [-0.15, -0.1) is 0 Å². The fraction of sp³-hybridized carbons (Fsp3) is 0.350. The molecule has 0 aliphatic carbocycles. The molecule has 1 amide bonds. The van der Waals surface area contributed by atoms with Gasteiger partial charge in [-0.05, 0) is 42.7 Å². The first-order valence-electron chi connectivity index (χ1n) is 9.25. The van der Waals surface area contributed by atoms with E-state index in [1.165, 1.54) is 4.31 Å². The van der Waals surface area contributed by atoms with Crippen LogP contribution in [0.15, 0.2) is 53.4 Å². The molecule has 1 fully saturated rings. The van der Waals surface area contributed by atoms with Gasteiger partial charge in [0, 0.05) is 25.6 Å². The Morgan fingerprint density at radius 2 is 1.75 bits per heavy atom. The smallest absolute Gasteiger partial charge is 0.243 e.